The minimum absolute atomic E-state index is 0.0123. The second-order valence-corrected chi connectivity index (χ2v) is 16.9. The lowest BCUT2D eigenvalue weighted by molar-refractivity contribution is -0.0934. The van der Waals surface area contributed by atoms with Crippen LogP contribution in [-0.4, -0.2) is 90.0 Å². The molecule has 39 heavy (non-hydrogen) atoms. The third-order valence-electron chi connectivity index (χ3n) is 7.02. The van der Waals surface area contributed by atoms with Crippen LogP contribution in [0.4, 0.5) is 5.69 Å². The molecule has 1 saturated heterocycles. The maximum absolute atomic E-state index is 12.8. The minimum Gasteiger partial charge on any atom is -0.395 e. The van der Waals surface area contributed by atoms with Gasteiger partial charge in [-0.25, -0.2) is 14.8 Å². The summed E-state index contributed by atoms with van der Waals surface area (Å²) in [5, 5.41) is 10.7. The number of nitrogens with one attached hydrogen (secondary N) is 1. The van der Waals surface area contributed by atoms with E-state index in [9.17, 15) is 9.90 Å². The van der Waals surface area contributed by atoms with Crippen molar-refractivity contribution in [3.8, 4) is 11.1 Å². The summed E-state index contributed by atoms with van der Waals surface area (Å²) < 4.78 is 21.0. The van der Waals surface area contributed by atoms with Crippen molar-refractivity contribution in [1.82, 2.24) is 24.1 Å². The fourth-order valence-electron chi connectivity index (χ4n) is 4.86. The quantitative estimate of drug-likeness (QED) is 0.215. The van der Waals surface area contributed by atoms with E-state index in [1.54, 1.807) is 10.8 Å². The first kappa shape index (κ1) is 27.5. The first-order valence-electron chi connectivity index (χ1n) is 13.4. The van der Waals surface area contributed by atoms with Gasteiger partial charge in [0.15, 0.2) is 5.65 Å². The molecule has 1 atom stereocenters. The average Bonchev–Trinajstić information content (AvgIpc) is 3.46. The number of aromatic amines is 1. The third-order valence-corrected chi connectivity index (χ3v) is 8.72. The van der Waals surface area contributed by atoms with Crippen LogP contribution in [0.15, 0.2) is 35.5 Å². The molecule has 0 aromatic carbocycles. The third kappa shape index (κ3) is 6.09. The number of pyridine rings is 2. The topological polar surface area (TPSA) is 120 Å². The Labute approximate surface area is 228 Å². The average molecular weight is 555 g/mol. The van der Waals surface area contributed by atoms with Crippen LogP contribution in [0.1, 0.15) is 0 Å². The zero-order valence-electron chi connectivity index (χ0n) is 23.1. The first-order chi connectivity index (χ1) is 18.7. The molecule has 0 unspecified atom stereocenters. The van der Waals surface area contributed by atoms with Crippen molar-refractivity contribution in [3.63, 3.8) is 0 Å². The van der Waals surface area contributed by atoms with Gasteiger partial charge in [-0.15, -0.1) is 0 Å². The molecule has 0 saturated carbocycles. The van der Waals surface area contributed by atoms with Crippen molar-refractivity contribution in [1.29, 1.82) is 0 Å². The number of imidazole rings is 1. The molecule has 12 heteroatoms. The fraction of sp³-hybridized carbons (Fsp3) is 0.519. The molecule has 0 bridgehead atoms. The molecule has 0 aliphatic carbocycles. The van der Waals surface area contributed by atoms with Gasteiger partial charge in [0, 0.05) is 63.4 Å². The zero-order valence-corrected chi connectivity index (χ0v) is 24.1. The molecule has 4 aromatic rings. The molecular formula is C27H38N6O5Si. The van der Waals surface area contributed by atoms with E-state index >= 15 is 0 Å². The molecule has 5 heterocycles. The number of nitrogens with zero attached hydrogens (tertiary/aromatic N) is 5. The Kier molecular flexibility index (Phi) is 8.19. The molecular weight excluding hydrogens is 516 g/mol. The molecule has 0 amide bonds. The van der Waals surface area contributed by atoms with Gasteiger partial charge in [0.1, 0.15) is 12.4 Å². The van der Waals surface area contributed by atoms with Crippen LogP contribution in [0.25, 0.3) is 33.3 Å². The Morgan fingerprint density at radius 1 is 1.26 bits per heavy atom. The highest BCUT2D eigenvalue weighted by atomic mass is 28.3. The molecule has 2 N–H and O–H groups in total. The SMILES string of the molecule is CN(CCO)c1c(-c2cnc3[nH]c(=O)n(C[C@H]4COCCO4)c3c2)cnc2c1ccn2COCC[Si](C)(C)C. The Bertz CT molecular complexity index is 1480. The van der Waals surface area contributed by atoms with E-state index in [4.69, 9.17) is 19.2 Å². The largest absolute Gasteiger partial charge is 0.395 e. The predicted octanol–water partition coefficient (Wildman–Crippen LogP) is 2.90. The van der Waals surface area contributed by atoms with Gasteiger partial charge in [-0.2, -0.15) is 0 Å². The van der Waals surface area contributed by atoms with E-state index in [0.29, 0.717) is 50.8 Å². The maximum Gasteiger partial charge on any atom is 0.327 e. The second-order valence-electron chi connectivity index (χ2n) is 11.2. The molecule has 1 aliphatic rings. The van der Waals surface area contributed by atoms with Gasteiger partial charge in [0.25, 0.3) is 0 Å². The Hall–Kier alpha value is -3.03. The second kappa shape index (κ2) is 11.6. The number of hydrogen-bond donors (Lipinski definition) is 2. The normalized spacial score (nSPS) is 16.4. The van der Waals surface area contributed by atoms with E-state index in [1.165, 1.54) is 0 Å². The number of H-pyrrole nitrogens is 1. The lowest BCUT2D eigenvalue weighted by Crippen LogP contribution is -2.34. The smallest absolute Gasteiger partial charge is 0.327 e. The lowest BCUT2D eigenvalue weighted by atomic mass is 10.0. The molecule has 0 spiro atoms. The van der Waals surface area contributed by atoms with Crippen LogP contribution in [0, 0.1) is 0 Å². The van der Waals surface area contributed by atoms with Crippen LogP contribution in [-0.2, 0) is 27.5 Å². The summed E-state index contributed by atoms with van der Waals surface area (Å²) in [6.07, 6.45) is 5.37. The van der Waals surface area contributed by atoms with Crippen LogP contribution in [0.5, 0.6) is 0 Å². The Morgan fingerprint density at radius 2 is 2.10 bits per heavy atom. The minimum atomic E-state index is -1.17. The summed E-state index contributed by atoms with van der Waals surface area (Å²) in [4.78, 5) is 27.0. The van der Waals surface area contributed by atoms with Crippen LogP contribution in [0.3, 0.4) is 0 Å². The summed E-state index contributed by atoms with van der Waals surface area (Å²) in [7, 11) is 0.784. The van der Waals surface area contributed by atoms with Crippen molar-refractivity contribution >= 4 is 36.0 Å². The van der Waals surface area contributed by atoms with E-state index in [-0.39, 0.29) is 18.4 Å². The van der Waals surface area contributed by atoms with Crippen molar-refractivity contribution in [2.75, 3.05) is 51.5 Å². The number of aliphatic hydroxyl groups is 1. The van der Waals surface area contributed by atoms with Gasteiger partial charge in [-0.1, -0.05) is 19.6 Å². The highest BCUT2D eigenvalue weighted by Crippen LogP contribution is 2.37. The van der Waals surface area contributed by atoms with Crippen LogP contribution >= 0.6 is 0 Å². The maximum atomic E-state index is 12.8. The monoisotopic (exact) mass is 554 g/mol. The van der Waals surface area contributed by atoms with Gasteiger partial charge in [-0.05, 0) is 18.2 Å². The highest BCUT2D eigenvalue weighted by Gasteiger charge is 2.21. The van der Waals surface area contributed by atoms with Crippen molar-refractivity contribution in [3.05, 3.63) is 41.2 Å². The number of aromatic nitrogens is 5. The zero-order chi connectivity index (χ0) is 27.6. The van der Waals surface area contributed by atoms with Gasteiger partial charge < -0.3 is 28.8 Å². The standard InChI is InChI=1S/C27H38N6O5Si/c1-31(7-8-34)24-21-5-6-32(18-37-11-12-39(2,3)4)26(21)29-15-22(24)19-13-23-25(28-14-19)30-27(35)33(23)16-20-17-36-9-10-38-20/h5-6,13-15,20,34H,7-12,16-18H2,1-4H3,(H,28,30,35)/t20-/m0/s1. The molecule has 5 rings (SSSR count). The summed E-state index contributed by atoms with van der Waals surface area (Å²) >= 11 is 0. The summed E-state index contributed by atoms with van der Waals surface area (Å²) in [6.45, 7) is 10.5. The number of hydrogen-bond acceptors (Lipinski definition) is 8. The van der Waals surface area contributed by atoms with Crippen molar-refractivity contribution < 1.29 is 19.3 Å². The predicted molar refractivity (Wildman–Crippen MR) is 154 cm³/mol. The van der Waals surface area contributed by atoms with E-state index in [0.717, 1.165) is 40.5 Å². The Balaban J connectivity index is 1.51. The van der Waals surface area contributed by atoms with E-state index in [2.05, 4.69) is 29.6 Å². The van der Waals surface area contributed by atoms with Crippen molar-refractivity contribution in [2.45, 2.75) is 45.1 Å². The van der Waals surface area contributed by atoms with Gasteiger partial charge in [0.2, 0.25) is 0 Å². The van der Waals surface area contributed by atoms with Gasteiger partial charge in [0.05, 0.1) is 50.3 Å². The molecule has 0 radical (unpaired) electrons. The highest BCUT2D eigenvalue weighted by molar-refractivity contribution is 6.76. The molecule has 11 nitrogen and oxygen atoms in total. The van der Waals surface area contributed by atoms with Gasteiger partial charge >= 0.3 is 5.69 Å². The number of likely N-dealkylation sites (N-methyl/N-ethyl adjacent to an activating group) is 1. The fourth-order valence-corrected chi connectivity index (χ4v) is 5.62. The van der Waals surface area contributed by atoms with E-state index < -0.39 is 8.07 Å². The molecule has 210 valence electrons. The molecule has 1 aliphatic heterocycles. The van der Waals surface area contributed by atoms with Crippen LogP contribution in [0.2, 0.25) is 25.7 Å². The number of aliphatic hydroxyl groups excluding tert-OH is 1. The number of ether oxygens (including phenoxy) is 3. The van der Waals surface area contributed by atoms with Gasteiger partial charge in [-0.3, -0.25) is 9.55 Å². The van der Waals surface area contributed by atoms with Crippen LogP contribution < -0.4 is 10.6 Å². The summed E-state index contributed by atoms with van der Waals surface area (Å²) in [5.74, 6) is 0. The summed E-state index contributed by atoms with van der Waals surface area (Å²) in [5.41, 5.74) is 4.41. The molecule has 1 fully saturated rings. The molecule has 4 aromatic heterocycles. The van der Waals surface area contributed by atoms with Crippen molar-refractivity contribution in [2.24, 2.45) is 0 Å². The summed E-state index contributed by atoms with van der Waals surface area (Å²) in [6, 6.07) is 5.10. The number of anilines is 1. The number of fused-ring (bicyclic) bond motifs is 2. The number of rotatable bonds is 11. The Morgan fingerprint density at radius 3 is 2.85 bits per heavy atom. The van der Waals surface area contributed by atoms with E-state index in [1.807, 2.05) is 41.0 Å². The lowest BCUT2D eigenvalue weighted by Gasteiger charge is -2.23. The first-order valence-corrected chi connectivity index (χ1v) is 17.1.